The summed E-state index contributed by atoms with van der Waals surface area (Å²) in [5.41, 5.74) is 2.58. The van der Waals surface area contributed by atoms with Gasteiger partial charge in [0.15, 0.2) is 0 Å². The second-order valence-corrected chi connectivity index (χ2v) is 5.29. The number of urea groups is 1. The Morgan fingerprint density at radius 1 is 1.12 bits per heavy atom. The molecule has 0 aliphatic rings. The van der Waals surface area contributed by atoms with Crippen molar-refractivity contribution in [3.8, 4) is 6.07 Å². The number of hydrogen-bond donors (Lipinski definition) is 2. The summed E-state index contributed by atoms with van der Waals surface area (Å²) in [6.45, 7) is 0.378. The second-order valence-electron chi connectivity index (χ2n) is 5.29. The zero-order valence-corrected chi connectivity index (χ0v) is 13.9. The monoisotopic (exact) mass is 338 g/mol. The average molecular weight is 338 g/mol. The molecule has 0 aliphatic carbocycles. The van der Waals surface area contributed by atoms with Gasteiger partial charge in [0.05, 0.1) is 18.7 Å². The van der Waals surface area contributed by atoms with Crippen LogP contribution in [0.5, 0.6) is 0 Å². The Balaban J connectivity index is 1.94. The Kier molecular flexibility index (Phi) is 5.96. The number of nitriles is 1. The molecule has 7 heteroatoms. The molecule has 0 aromatic heterocycles. The van der Waals surface area contributed by atoms with Crippen molar-refractivity contribution in [2.75, 3.05) is 24.8 Å². The molecule has 0 saturated carbocycles. The van der Waals surface area contributed by atoms with Crippen molar-refractivity contribution in [3.63, 3.8) is 0 Å². The first-order valence-corrected chi connectivity index (χ1v) is 7.48. The van der Waals surface area contributed by atoms with E-state index in [-0.39, 0.29) is 6.03 Å². The van der Waals surface area contributed by atoms with Gasteiger partial charge in [-0.3, -0.25) is 5.32 Å². The number of carbonyl (C=O) groups is 2. The van der Waals surface area contributed by atoms with Crippen molar-refractivity contribution < 1.29 is 14.3 Å². The predicted molar refractivity (Wildman–Crippen MR) is 94.1 cm³/mol. The third kappa shape index (κ3) is 5.25. The Morgan fingerprint density at radius 2 is 1.76 bits per heavy atom. The van der Waals surface area contributed by atoms with Gasteiger partial charge in [-0.1, -0.05) is 12.1 Å². The van der Waals surface area contributed by atoms with E-state index in [0.717, 1.165) is 5.56 Å². The summed E-state index contributed by atoms with van der Waals surface area (Å²) in [5.74, 6) is 0. The van der Waals surface area contributed by atoms with E-state index in [1.807, 2.05) is 6.07 Å². The molecule has 0 saturated heterocycles. The number of rotatable bonds is 4. The van der Waals surface area contributed by atoms with Crippen molar-refractivity contribution in [2.45, 2.75) is 6.54 Å². The van der Waals surface area contributed by atoms with Crippen LogP contribution in [-0.2, 0) is 11.3 Å². The van der Waals surface area contributed by atoms with Gasteiger partial charge in [0.2, 0.25) is 0 Å². The number of nitrogens with one attached hydrogen (secondary N) is 2. The minimum Gasteiger partial charge on any atom is -0.453 e. The number of ether oxygens (including phenoxy) is 1. The molecule has 0 heterocycles. The molecule has 0 fully saturated rings. The van der Waals surface area contributed by atoms with E-state index in [4.69, 9.17) is 5.26 Å². The van der Waals surface area contributed by atoms with Crippen molar-refractivity contribution in [1.29, 1.82) is 5.26 Å². The molecule has 128 valence electrons. The summed E-state index contributed by atoms with van der Waals surface area (Å²) in [6, 6.07) is 15.6. The normalized spacial score (nSPS) is 9.64. The van der Waals surface area contributed by atoms with Gasteiger partial charge in [-0.15, -0.1) is 0 Å². The summed E-state index contributed by atoms with van der Waals surface area (Å²) in [4.78, 5) is 24.9. The van der Waals surface area contributed by atoms with Crippen LogP contribution >= 0.6 is 0 Å². The van der Waals surface area contributed by atoms with Crippen LogP contribution in [0.4, 0.5) is 21.0 Å². The molecule has 0 unspecified atom stereocenters. The molecule has 3 amide bonds. The van der Waals surface area contributed by atoms with Crippen LogP contribution < -0.4 is 10.6 Å². The number of carbonyl (C=O) groups excluding carboxylic acids is 2. The minimum atomic E-state index is -0.559. The minimum absolute atomic E-state index is 0.281. The number of benzene rings is 2. The van der Waals surface area contributed by atoms with E-state index in [9.17, 15) is 9.59 Å². The first-order valence-electron chi connectivity index (χ1n) is 7.48. The molecule has 2 aromatic carbocycles. The van der Waals surface area contributed by atoms with Crippen molar-refractivity contribution in [3.05, 3.63) is 59.7 Å². The van der Waals surface area contributed by atoms with Gasteiger partial charge >= 0.3 is 12.1 Å². The van der Waals surface area contributed by atoms with E-state index in [0.29, 0.717) is 23.5 Å². The largest absolute Gasteiger partial charge is 0.453 e. The molecule has 2 N–H and O–H groups in total. The van der Waals surface area contributed by atoms with Crippen LogP contribution in [0.25, 0.3) is 0 Å². The lowest BCUT2D eigenvalue weighted by Crippen LogP contribution is -2.30. The SMILES string of the molecule is COC(=O)Nc1ccc(NC(=O)N(C)Cc2cccc(C#N)c2)cc1. The van der Waals surface area contributed by atoms with Crippen LogP contribution in [0.2, 0.25) is 0 Å². The highest BCUT2D eigenvalue weighted by molar-refractivity contribution is 5.90. The van der Waals surface area contributed by atoms with Gasteiger partial charge in [-0.2, -0.15) is 5.26 Å². The van der Waals surface area contributed by atoms with Crippen molar-refractivity contribution >= 4 is 23.5 Å². The average Bonchev–Trinajstić information content (AvgIpc) is 2.63. The summed E-state index contributed by atoms with van der Waals surface area (Å²) in [7, 11) is 2.95. The fourth-order valence-corrected chi connectivity index (χ4v) is 2.11. The molecule has 7 nitrogen and oxygen atoms in total. The highest BCUT2D eigenvalue weighted by Gasteiger charge is 2.10. The summed E-state index contributed by atoms with van der Waals surface area (Å²) in [5, 5.41) is 14.2. The molecule has 0 radical (unpaired) electrons. The smallest absolute Gasteiger partial charge is 0.411 e. The number of hydrogen-bond acceptors (Lipinski definition) is 4. The van der Waals surface area contributed by atoms with Crippen LogP contribution in [0, 0.1) is 11.3 Å². The fraction of sp³-hybridized carbons (Fsp3) is 0.167. The lowest BCUT2D eigenvalue weighted by molar-refractivity contribution is 0.187. The van der Waals surface area contributed by atoms with Crippen LogP contribution in [0.3, 0.4) is 0 Å². The maximum Gasteiger partial charge on any atom is 0.411 e. The van der Waals surface area contributed by atoms with Gasteiger partial charge in [0.1, 0.15) is 0 Å². The Labute approximate surface area is 145 Å². The van der Waals surface area contributed by atoms with E-state index in [1.54, 1.807) is 49.5 Å². The zero-order chi connectivity index (χ0) is 18.2. The molecule has 0 bridgehead atoms. The molecule has 0 aliphatic heterocycles. The molecule has 25 heavy (non-hydrogen) atoms. The number of amides is 3. The summed E-state index contributed by atoms with van der Waals surface area (Å²) in [6.07, 6.45) is -0.559. The number of methoxy groups -OCH3 is 1. The van der Waals surface area contributed by atoms with E-state index < -0.39 is 6.09 Å². The second kappa shape index (κ2) is 8.36. The lowest BCUT2D eigenvalue weighted by atomic mass is 10.1. The molecule has 0 spiro atoms. The van der Waals surface area contributed by atoms with E-state index in [1.165, 1.54) is 12.0 Å². The van der Waals surface area contributed by atoms with Crippen molar-refractivity contribution in [1.82, 2.24) is 4.90 Å². The van der Waals surface area contributed by atoms with Gasteiger partial charge in [-0.05, 0) is 42.0 Å². The quantitative estimate of drug-likeness (QED) is 0.893. The maximum absolute atomic E-state index is 12.2. The first kappa shape index (κ1) is 17.8. The van der Waals surface area contributed by atoms with Crippen LogP contribution in [-0.4, -0.2) is 31.2 Å². The predicted octanol–water partition coefficient (Wildman–Crippen LogP) is 3.40. The third-order valence-corrected chi connectivity index (χ3v) is 3.39. The fourth-order valence-electron chi connectivity index (χ4n) is 2.11. The molecular weight excluding hydrogens is 320 g/mol. The van der Waals surface area contributed by atoms with E-state index >= 15 is 0 Å². The number of nitrogens with zero attached hydrogens (tertiary/aromatic N) is 2. The van der Waals surface area contributed by atoms with Crippen LogP contribution in [0.15, 0.2) is 48.5 Å². The first-order chi connectivity index (χ1) is 12.0. The van der Waals surface area contributed by atoms with Gasteiger partial charge in [-0.25, -0.2) is 9.59 Å². The molecule has 2 rings (SSSR count). The van der Waals surface area contributed by atoms with Gasteiger partial charge < -0.3 is 15.0 Å². The molecular formula is C18H18N4O3. The van der Waals surface area contributed by atoms with Gasteiger partial charge in [0.25, 0.3) is 0 Å². The Bertz CT molecular complexity index is 797. The highest BCUT2D eigenvalue weighted by atomic mass is 16.5. The zero-order valence-electron chi connectivity index (χ0n) is 13.9. The van der Waals surface area contributed by atoms with Crippen molar-refractivity contribution in [2.24, 2.45) is 0 Å². The molecule has 0 atom stereocenters. The number of anilines is 2. The Hall–Kier alpha value is -3.53. The van der Waals surface area contributed by atoms with E-state index in [2.05, 4.69) is 21.4 Å². The van der Waals surface area contributed by atoms with Crippen LogP contribution in [0.1, 0.15) is 11.1 Å². The Morgan fingerprint density at radius 3 is 2.36 bits per heavy atom. The summed E-state index contributed by atoms with van der Waals surface area (Å²) < 4.78 is 4.51. The van der Waals surface area contributed by atoms with Gasteiger partial charge in [0, 0.05) is 25.0 Å². The third-order valence-electron chi connectivity index (χ3n) is 3.39. The summed E-state index contributed by atoms with van der Waals surface area (Å²) >= 11 is 0. The topological polar surface area (TPSA) is 94.5 Å². The standard InChI is InChI=1S/C18H18N4O3/c1-22(12-14-5-3-4-13(10-14)11-19)17(23)20-15-6-8-16(9-7-15)21-18(24)25-2/h3-10H,12H2,1-2H3,(H,20,23)(H,21,24). The highest BCUT2D eigenvalue weighted by Crippen LogP contribution is 2.15. The maximum atomic E-state index is 12.2. The lowest BCUT2D eigenvalue weighted by Gasteiger charge is -2.18. The molecule has 2 aromatic rings.